The summed E-state index contributed by atoms with van der Waals surface area (Å²) in [6, 6.07) is 1.91. The maximum atomic E-state index is 11.9. The number of ketones is 1. The van der Waals surface area contributed by atoms with Crippen molar-refractivity contribution < 1.29 is 4.79 Å². The first-order chi connectivity index (χ1) is 7.86. The van der Waals surface area contributed by atoms with Gasteiger partial charge in [-0.2, -0.15) is 5.26 Å². The molecule has 0 aromatic carbocycles. The third-order valence-corrected chi connectivity index (χ3v) is 1.98. The van der Waals surface area contributed by atoms with E-state index in [1.165, 1.54) is 6.08 Å². The number of hydrogen-bond donors (Lipinski definition) is 0. The van der Waals surface area contributed by atoms with Gasteiger partial charge in [0.25, 0.3) is 0 Å². The van der Waals surface area contributed by atoms with Gasteiger partial charge in [-0.25, -0.2) is 0 Å². The van der Waals surface area contributed by atoms with E-state index in [4.69, 9.17) is 5.26 Å². The molecule has 0 radical (unpaired) electrons. The summed E-state index contributed by atoms with van der Waals surface area (Å²) in [4.78, 5) is 15.7. The van der Waals surface area contributed by atoms with Crippen LogP contribution in [0.5, 0.6) is 0 Å². The number of nitrogens with zero attached hydrogens (tertiary/aromatic N) is 2. The minimum Gasteiger partial charge on any atom is -0.293 e. The van der Waals surface area contributed by atoms with E-state index in [1.54, 1.807) is 32.9 Å². The molecule has 0 aromatic heterocycles. The molecule has 0 rings (SSSR count). The van der Waals surface area contributed by atoms with Gasteiger partial charge in [-0.3, -0.25) is 9.79 Å². The number of Topliss-reactive ketones (excluding diaryl/α,β-unsaturated/α-hetero) is 1. The fourth-order valence-corrected chi connectivity index (χ4v) is 1.04. The molecule has 0 amide bonds. The SMILES string of the molecule is C=NC(=C\C=C/C)/C=C(\C#N)C(=O)C(C)(C)C. The lowest BCUT2D eigenvalue weighted by molar-refractivity contribution is -0.122. The van der Waals surface area contributed by atoms with Crippen LogP contribution in [-0.2, 0) is 4.79 Å². The van der Waals surface area contributed by atoms with E-state index in [2.05, 4.69) is 11.7 Å². The summed E-state index contributed by atoms with van der Waals surface area (Å²) < 4.78 is 0. The second kappa shape index (κ2) is 6.59. The average Bonchev–Trinajstić information content (AvgIpc) is 2.27. The number of aliphatic imine (C=N–C) groups is 1. The van der Waals surface area contributed by atoms with Gasteiger partial charge in [-0.05, 0) is 25.8 Å². The molecule has 17 heavy (non-hydrogen) atoms. The Balaban J connectivity index is 5.34. The van der Waals surface area contributed by atoms with Gasteiger partial charge in [-0.15, -0.1) is 0 Å². The number of rotatable bonds is 4. The minimum atomic E-state index is -0.575. The molecule has 0 N–H and O–H groups in total. The number of nitriles is 1. The maximum Gasteiger partial charge on any atom is 0.178 e. The highest BCUT2D eigenvalue weighted by molar-refractivity contribution is 6.02. The summed E-state index contributed by atoms with van der Waals surface area (Å²) in [6.45, 7) is 10.6. The zero-order valence-electron chi connectivity index (χ0n) is 10.8. The van der Waals surface area contributed by atoms with Gasteiger partial charge in [0.15, 0.2) is 5.78 Å². The minimum absolute atomic E-state index is 0.0978. The molecule has 0 saturated carbocycles. The second-order valence-electron chi connectivity index (χ2n) is 4.52. The molecule has 3 heteroatoms. The van der Waals surface area contributed by atoms with E-state index in [9.17, 15) is 4.79 Å². The first kappa shape index (κ1) is 15.0. The highest BCUT2D eigenvalue weighted by atomic mass is 16.1. The van der Waals surface area contributed by atoms with Crippen LogP contribution in [0.25, 0.3) is 0 Å². The molecular weight excluding hydrogens is 212 g/mol. The average molecular weight is 230 g/mol. The second-order valence-corrected chi connectivity index (χ2v) is 4.52. The molecule has 3 nitrogen and oxygen atoms in total. The van der Waals surface area contributed by atoms with Gasteiger partial charge in [0.1, 0.15) is 6.07 Å². The van der Waals surface area contributed by atoms with Crippen molar-refractivity contribution in [1.29, 1.82) is 5.26 Å². The number of allylic oxidation sites excluding steroid dienone is 5. The van der Waals surface area contributed by atoms with Gasteiger partial charge in [0, 0.05) is 5.41 Å². The van der Waals surface area contributed by atoms with E-state index in [-0.39, 0.29) is 11.4 Å². The predicted octanol–water partition coefficient (Wildman–Crippen LogP) is 3.21. The third kappa shape index (κ3) is 5.07. The molecule has 0 atom stereocenters. The van der Waals surface area contributed by atoms with Crippen molar-refractivity contribution >= 4 is 12.5 Å². The smallest absolute Gasteiger partial charge is 0.178 e. The molecule has 0 heterocycles. The van der Waals surface area contributed by atoms with Crippen LogP contribution in [0.15, 0.2) is 40.6 Å². The molecule has 0 saturated heterocycles. The van der Waals surface area contributed by atoms with Gasteiger partial charge in [0.05, 0.1) is 11.3 Å². The largest absolute Gasteiger partial charge is 0.293 e. The van der Waals surface area contributed by atoms with E-state index in [1.807, 2.05) is 19.1 Å². The molecule has 0 fully saturated rings. The Kier molecular flexibility index (Phi) is 5.84. The van der Waals surface area contributed by atoms with Crippen LogP contribution < -0.4 is 0 Å². The summed E-state index contributed by atoms with van der Waals surface area (Å²) >= 11 is 0. The Bertz CT molecular complexity index is 426. The number of hydrogen-bond acceptors (Lipinski definition) is 3. The standard InChI is InChI=1S/C14H18N2O/c1-6-7-8-12(16-5)9-11(10-15)13(17)14(2,3)4/h6-9H,5H2,1-4H3/b7-6-,11-9+,12-8-. The van der Waals surface area contributed by atoms with Crippen LogP contribution in [-0.4, -0.2) is 12.5 Å². The van der Waals surface area contributed by atoms with Crippen LogP contribution in [0.1, 0.15) is 27.7 Å². The molecule has 0 aromatic rings. The zero-order valence-corrected chi connectivity index (χ0v) is 10.8. The third-order valence-electron chi connectivity index (χ3n) is 1.98. The van der Waals surface area contributed by atoms with Crippen molar-refractivity contribution in [3.05, 3.63) is 35.6 Å². The fraction of sp³-hybridized carbons (Fsp3) is 0.357. The van der Waals surface area contributed by atoms with Crippen LogP contribution in [0.3, 0.4) is 0 Å². The zero-order chi connectivity index (χ0) is 13.5. The van der Waals surface area contributed by atoms with Gasteiger partial charge < -0.3 is 0 Å². The van der Waals surface area contributed by atoms with Gasteiger partial charge in [-0.1, -0.05) is 32.9 Å². The lowest BCUT2D eigenvalue weighted by atomic mass is 9.86. The lowest BCUT2D eigenvalue weighted by Gasteiger charge is -2.15. The van der Waals surface area contributed by atoms with Crippen LogP contribution in [0.2, 0.25) is 0 Å². The summed E-state index contributed by atoms with van der Waals surface area (Å²) in [6.07, 6.45) is 6.76. The monoisotopic (exact) mass is 230 g/mol. The van der Waals surface area contributed by atoms with Crippen molar-refractivity contribution in [3.8, 4) is 6.07 Å². The van der Waals surface area contributed by atoms with Crippen LogP contribution in [0, 0.1) is 16.7 Å². The lowest BCUT2D eigenvalue weighted by Crippen LogP contribution is -2.21. The summed E-state index contributed by atoms with van der Waals surface area (Å²) in [5.41, 5.74) is 0.0203. The van der Waals surface area contributed by atoms with E-state index < -0.39 is 5.41 Å². The summed E-state index contributed by atoms with van der Waals surface area (Å²) in [5, 5.41) is 8.98. The highest BCUT2D eigenvalue weighted by Gasteiger charge is 2.24. The quantitative estimate of drug-likeness (QED) is 0.322. The first-order valence-electron chi connectivity index (χ1n) is 5.33. The van der Waals surface area contributed by atoms with Crippen LogP contribution in [0.4, 0.5) is 0 Å². The molecular formula is C14H18N2O. The molecule has 0 bridgehead atoms. The molecule has 0 unspecified atom stereocenters. The van der Waals surface area contributed by atoms with E-state index in [0.29, 0.717) is 5.70 Å². The topological polar surface area (TPSA) is 53.2 Å². The van der Waals surface area contributed by atoms with Crippen LogP contribution >= 0.6 is 0 Å². The fourth-order valence-electron chi connectivity index (χ4n) is 1.04. The predicted molar refractivity (Wildman–Crippen MR) is 70.6 cm³/mol. The van der Waals surface area contributed by atoms with E-state index in [0.717, 1.165) is 0 Å². The first-order valence-corrected chi connectivity index (χ1v) is 5.33. The van der Waals surface area contributed by atoms with E-state index >= 15 is 0 Å². The van der Waals surface area contributed by atoms with Crippen molar-refractivity contribution in [2.45, 2.75) is 27.7 Å². The molecule has 0 aliphatic rings. The summed E-state index contributed by atoms with van der Waals surface area (Å²) in [7, 11) is 0. The van der Waals surface area contributed by atoms with Crippen molar-refractivity contribution in [2.75, 3.05) is 0 Å². The van der Waals surface area contributed by atoms with Crippen molar-refractivity contribution in [3.63, 3.8) is 0 Å². The van der Waals surface area contributed by atoms with Gasteiger partial charge >= 0.3 is 0 Å². The Morgan fingerprint density at radius 3 is 2.35 bits per heavy atom. The van der Waals surface area contributed by atoms with Crippen molar-refractivity contribution in [2.24, 2.45) is 10.4 Å². The molecule has 90 valence electrons. The molecule has 0 aliphatic heterocycles. The number of carbonyl (C=O) groups excluding carboxylic acids is 1. The Hall–Kier alpha value is -1.95. The molecule has 0 aliphatic carbocycles. The van der Waals surface area contributed by atoms with Crippen molar-refractivity contribution in [1.82, 2.24) is 0 Å². The highest BCUT2D eigenvalue weighted by Crippen LogP contribution is 2.20. The Morgan fingerprint density at radius 2 is 2.00 bits per heavy atom. The Morgan fingerprint density at radius 1 is 1.41 bits per heavy atom. The maximum absolute atomic E-state index is 11.9. The summed E-state index contributed by atoms with van der Waals surface area (Å²) in [5.74, 6) is -0.199. The molecule has 0 spiro atoms. The number of carbonyl (C=O) groups is 1. The normalized spacial score (nSPS) is 13.6. The van der Waals surface area contributed by atoms with Gasteiger partial charge in [0.2, 0.25) is 0 Å². The Labute approximate surface area is 103 Å².